The predicted octanol–water partition coefficient (Wildman–Crippen LogP) is 5.61. The summed E-state index contributed by atoms with van der Waals surface area (Å²) in [6.45, 7) is 2.26. The van der Waals surface area contributed by atoms with E-state index in [2.05, 4.69) is 12.2 Å². The number of hydrogen-bond donors (Lipinski definition) is 0. The van der Waals surface area contributed by atoms with E-state index in [-0.39, 0.29) is 5.91 Å². The van der Waals surface area contributed by atoms with Crippen molar-refractivity contribution in [3.05, 3.63) is 4.91 Å². The first-order chi connectivity index (χ1) is 10.2. The van der Waals surface area contributed by atoms with Crippen molar-refractivity contribution in [2.75, 3.05) is 7.05 Å². The van der Waals surface area contributed by atoms with Crippen molar-refractivity contribution in [3.63, 3.8) is 0 Å². The van der Waals surface area contributed by atoms with Crippen LogP contribution in [-0.4, -0.2) is 18.0 Å². The second-order valence-electron chi connectivity index (χ2n) is 5.99. The lowest BCUT2D eigenvalue weighted by Crippen LogP contribution is -2.19. The summed E-state index contributed by atoms with van der Waals surface area (Å²) >= 11 is 0. The zero-order valence-corrected chi connectivity index (χ0v) is 14.1. The molecule has 0 saturated heterocycles. The Morgan fingerprint density at radius 2 is 1.14 bits per heavy atom. The van der Waals surface area contributed by atoms with Gasteiger partial charge >= 0.3 is 0 Å². The number of unbranched alkanes of at least 4 members (excludes halogenated alkanes) is 12. The lowest BCUT2D eigenvalue weighted by molar-refractivity contribution is -0.130. The highest BCUT2D eigenvalue weighted by atomic mass is 16.3. The zero-order valence-electron chi connectivity index (χ0n) is 14.1. The monoisotopic (exact) mass is 298 g/mol. The van der Waals surface area contributed by atoms with E-state index >= 15 is 0 Å². The first-order valence-electron chi connectivity index (χ1n) is 8.82. The SMILES string of the molecule is CCCCCCCCCCCCCCCC(=O)N(C)N=O. The fourth-order valence-electron chi connectivity index (χ4n) is 2.50. The average molecular weight is 298 g/mol. The Bertz CT molecular complexity index is 257. The van der Waals surface area contributed by atoms with Gasteiger partial charge in [0.1, 0.15) is 0 Å². The van der Waals surface area contributed by atoms with Crippen LogP contribution in [0, 0.1) is 4.91 Å². The molecule has 0 aliphatic carbocycles. The number of amides is 1. The number of nitrogens with zero attached hydrogens (tertiary/aromatic N) is 2. The Balaban J connectivity index is 3.12. The first-order valence-corrected chi connectivity index (χ1v) is 8.82. The molecule has 0 aromatic heterocycles. The topological polar surface area (TPSA) is 49.7 Å². The molecule has 0 aromatic carbocycles. The van der Waals surface area contributed by atoms with Crippen LogP contribution >= 0.6 is 0 Å². The minimum atomic E-state index is -0.173. The van der Waals surface area contributed by atoms with E-state index in [1.54, 1.807) is 0 Å². The fraction of sp³-hybridized carbons (Fsp3) is 0.941. The van der Waals surface area contributed by atoms with Crippen molar-refractivity contribution >= 4 is 5.91 Å². The molecule has 21 heavy (non-hydrogen) atoms. The average Bonchev–Trinajstić information content (AvgIpc) is 2.50. The molecule has 0 rings (SSSR count). The molecule has 0 unspecified atom stereocenters. The van der Waals surface area contributed by atoms with Gasteiger partial charge in [-0.25, -0.2) is 5.01 Å². The van der Waals surface area contributed by atoms with Crippen molar-refractivity contribution in [2.24, 2.45) is 5.29 Å². The number of carbonyl (C=O) groups excluding carboxylic acids is 1. The van der Waals surface area contributed by atoms with Crippen LogP contribution in [0.5, 0.6) is 0 Å². The molecular formula is C17H34N2O2. The van der Waals surface area contributed by atoms with E-state index in [0.29, 0.717) is 6.42 Å². The fourth-order valence-corrected chi connectivity index (χ4v) is 2.50. The molecule has 1 amide bonds. The summed E-state index contributed by atoms with van der Waals surface area (Å²) in [4.78, 5) is 21.4. The minimum Gasteiger partial charge on any atom is -0.273 e. The van der Waals surface area contributed by atoms with Crippen molar-refractivity contribution in [1.29, 1.82) is 0 Å². The van der Waals surface area contributed by atoms with E-state index in [4.69, 9.17) is 0 Å². The van der Waals surface area contributed by atoms with Gasteiger partial charge < -0.3 is 0 Å². The maximum Gasteiger partial charge on any atom is 0.244 e. The molecule has 0 heterocycles. The molecule has 4 nitrogen and oxygen atoms in total. The van der Waals surface area contributed by atoms with Crippen LogP contribution in [0.1, 0.15) is 96.8 Å². The summed E-state index contributed by atoms with van der Waals surface area (Å²) in [5.74, 6) is -0.173. The van der Waals surface area contributed by atoms with Crippen LogP contribution in [0.15, 0.2) is 5.29 Å². The van der Waals surface area contributed by atoms with Crippen LogP contribution in [0.4, 0.5) is 0 Å². The Morgan fingerprint density at radius 1 is 0.762 bits per heavy atom. The summed E-state index contributed by atoms with van der Waals surface area (Å²) in [7, 11) is 1.41. The summed E-state index contributed by atoms with van der Waals surface area (Å²) < 4.78 is 0. The summed E-state index contributed by atoms with van der Waals surface area (Å²) in [6, 6.07) is 0. The Hall–Kier alpha value is -0.930. The summed E-state index contributed by atoms with van der Waals surface area (Å²) in [5.41, 5.74) is 0. The van der Waals surface area contributed by atoms with Crippen LogP contribution in [0.25, 0.3) is 0 Å². The molecule has 0 spiro atoms. The lowest BCUT2D eigenvalue weighted by atomic mass is 10.0. The van der Waals surface area contributed by atoms with Gasteiger partial charge in [0.05, 0.1) is 5.29 Å². The van der Waals surface area contributed by atoms with Crippen molar-refractivity contribution in [3.8, 4) is 0 Å². The Morgan fingerprint density at radius 3 is 1.52 bits per heavy atom. The van der Waals surface area contributed by atoms with E-state index in [1.807, 2.05) is 0 Å². The van der Waals surface area contributed by atoms with Crippen molar-refractivity contribution in [2.45, 2.75) is 96.8 Å². The summed E-state index contributed by atoms with van der Waals surface area (Å²) in [5, 5.41) is 3.49. The maximum absolute atomic E-state index is 11.3. The van der Waals surface area contributed by atoms with E-state index in [9.17, 15) is 9.70 Å². The molecule has 0 N–H and O–H groups in total. The number of rotatable bonds is 15. The molecule has 0 bridgehead atoms. The molecule has 0 radical (unpaired) electrons. The van der Waals surface area contributed by atoms with Gasteiger partial charge in [0, 0.05) is 13.5 Å². The first kappa shape index (κ1) is 20.1. The maximum atomic E-state index is 11.3. The van der Waals surface area contributed by atoms with Gasteiger partial charge in [-0.05, 0) is 6.42 Å². The number of hydrogen-bond acceptors (Lipinski definition) is 3. The molecular weight excluding hydrogens is 264 g/mol. The highest BCUT2D eigenvalue weighted by molar-refractivity contribution is 5.75. The van der Waals surface area contributed by atoms with E-state index in [0.717, 1.165) is 17.9 Å². The van der Waals surface area contributed by atoms with Crippen LogP contribution < -0.4 is 0 Å². The quantitative estimate of drug-likeness (QED) is 0.224. The highest BCUT2D eigenvalue weighted by Crippen LogP contribution is 2.13. The molecule has 0 atom stereocenters. The van der Waals surface area contributed by atoms with Crippen LogP contribution in [-0.2, 0) is 4.79 Å². The smallest absolute Gasteiger partial charge is 0.244 e. The molecule has 0 saturated carbocycles. The van der Waals surface area contributed by atoms with Gasteiger partial charge in [-0.15, -0.1) is 4.91 Å². The predicted molar refractivity (Wildman–Crippen MR) is 88.9 cm³/mol. The van der Waals surface area contributed by atoms with E-state index < -0.39 is 0 Å². The van der Waals surface area contributed by atoms with Gasteiger partial charge in [-0.2, -0.15) is 0 Å². The second-order valence-corrected chi connectivity index (χ2v) is 5.99. The Labute approximate surface area is 130 Å². The molecule has 0 aliphatic rings. The van der Waals surface area contributed by atoms with Crippen LogP contribution in [0.3, 0.4) is 0 Å². The third-order valence-electron chi connectivity index (χ3n) is 3.98. The van der Waals surface area contributed by atoms with Gasteiger partial charge in [0.15, 0.2) is 0 Å². The van der Waals surface area contributed by atoms with Gasteiger partial charge in [0.25, 0.3) is 0 Å². The largest absolute Gasteiger partial charge is 0.273 e. The molecule has 124 valence electrons. The molecule has 0 aliphatic heterocycles. The summed E-state index contributed by atoms with van der Waals surface area (Å²) in [6.07, 6.45) is 17.2. The third-order valence-corrected chi connectivity index (χ3v) is 3.98. The Kier molecular flexibility index (Phi) is 14.8. The molecule has 0 fully saturated rings. The third kappa shape index (κ3) is 13.8. The van der Waals surface area contributed by atoms with Gasteiger partial charge in [0.2, 0.25) is 5.91 Å². The van der Waals surface area contributed by atoms with Crippen LogP contribution in [0.2, 0.25) is 0 Å². The minimum absolute atomic E-state index is 0.173. The number of carbonyl (C=O) groups is 1. The number of nitroso groups, excluding NO2 is 1. The normalized spacial score (nSPS) is 10.6. The molecule has 4 heteroatoms. The highest BCUT2D eigenvalue weighted by Gasteiger charge is 2.07. The molecule has 0 aromatic rings. The van der Waals surface area contributed by atoms with Gasteiger partial charge in [-0.1, -0.05) is 84.0 Å². The van der Waals surface area contributed by atoms with Crippen molar-refractivity contribution < 1.29 is 4.79 Å². The lowest BCUT2D eigenvalue weighted by Gasteiger charge is -2.06. The zero-order chi connectivity index (χ0) is 15.8. The van der Waals surface area contributed by atoms with E-state index in [1.165, 1.54) is 77.7 Å². The van der Waals surface area contributed by atoms with Crippen molar-refractivity contribution in [1.82, 2.24) is 5.01 Å². The van der Waals surface area contributed by atoms with Gasteiger partial charge in [-0.3, -0.25) is 4.79 Å². The standard InChI is InChI=1S/C17H34N2O2/c1-3-4-5-6-7-8-9-10-11-12-13-14-15-16-17(20)19(2)18-21/h3-16H2,1-2H3. The second kappa shape index (κ2) is 15.5.